The van der Waals surface area contributed by atoms with Crippen LogP contribution in [0, 0.1) is 0 Å². The maximum absolute atomic E-state index is 12.9. The zero-order valence-corrected chi connectivity index (χ0v) is 14.5. The molecular weight excluding hydrogens is 412 g/mol. The van der Waals surface area contributed by atoms with Gasteiger partial charge in [0.25, 0.3) is 11.8 Å². The van der Waals surface area contributed by atoms with E-state index in [2.05, 4.69) is 31.9 Å². The fraction of sp³-hybridized carbons (Fsp3) is 0.125. The van der Waals surface area contributed by atoms with Crippen LogP contribution in [0.1, 0.15) is 20.7 Å². The number of anilines is 2. The molecule has 0 saturated heterocycles. The third-order valence-electron chi connectivity index (χ3n) is 4.00. The summed E-state index contributed by atoms with van der Waals surface area (Å²) in [6, 6.07) is 10.9. The molecule has 0 aromatic heterocycles. The molecule has 6 heteroatoms. The van der Waals surface area contributed by atoms with Crippen LogP contribution in [0.15, 0.2) is 45.3 Å². The largest absolute Gasteiger partial charge is 0.306 e. The van der Waals surface area contributed by atoms with Gasteiger partial charge in [0.2, 0.25) is 0 Å². The predicted octanol–water partition coefficient (Wildman–Crippen LogP) is 3.83. The van der Waals surface area contributed by atoms with E-state index in [0.717, 1.165) is 8.95 Å². The Bertz CT molecular complexity index is 765. The Labute approximate surface area is 144 Å². The SMILES string of the molecule is O=C1c2cc(Br)ccc2N2CCN1c1ccc(Br)cc1C2=O. The Morgan fingerprint density at radius 3 is 1.55 bits per heavy atom. The third kappa shape index (κ3) is 1.94. The zero-order chi connectivity index (χ0) is 15.4. The number of nitrogens with zero attached hydrogens (tertiary/aromatic N) is 2. The Kier molecular flexibility index (Phi) is 3.13. The highest BCUT2D eigenvalue weighted by molar-refractivity contribution is 9.10. The molecule has 0 aliphatic carbocycles. The van der Waals surface area contributed by atoms with E-state index in [1.165, 1.54) is 0 Å². The minimum Gasteiger partial charge on any atom is -0.306 e. The predicted molar refractivity (Wildman–Crippen MR) is 91.6 cm³/mol. The molecule has 4 nitrogen and oxygen atoms in total. The van der Waals surface area contributed by atoms with Gasteiger partial charge in [0.1, 0.15) is 0 Å². The minimum atomic E-state index is -0.0742. The van der Waals surface area contributed by atoms with E-state index in [9.17, 15) is 9.59 Å². The number of hydrogen-bond donors (Lipinski definition) is 0. The number of fused-ring (bicyclic) bond motifs is 7. The molecule has 2 aliphatic rings. The van der Waals surface area contributed by atoms with Gasteiger partial charge in [-0.3, -0.25) is 9.59 Å². The van der Waals surface area contributed by atoms with Crippen LogP contribution in [0.5, 0.6) is 0 Å². The molecule has 2 aromatic carbocycles. The van der Waals surface area contributed by atoms with Crippen LogP contribution in [0.25, 0.3) is 0 Å². The van der Waals surface area contributed by atoms with Crippen molar-refractivity contribution in [3.05, 3.63) is 56.5 Å². The first-order valence-electron chi connectivity index (χ1n) is 6.79. The van der Waals surface area contributed by atoms with Crippen molar-refractivity contribution in [1.29, 1.82) is 0 Å². The molecule has 2 amide bonds. The number of halogens is 2. The number of rotatable bonds is 0. The van der Waals surface area contributed by atoms with E-state index in [4.69, 9.17) is 0 Å². The summed E-state index contributed by atoms with van der Waals surface area (Å²) in [6.07, 6.45) is 0. The van der Waals surface area contributed by atoms with Crippen LogP contribution in [0.2, 0.25) is 0 Å². The number of carbonyl (C=O) groups is 2. The molecular formula is C16H10Br2N2O2. The fourth-order valence-corrected chi connectivity index (χ4v) is 3.71. The van der Waals surface area contributed by atoms with Gasteiger partial charge >= 0.3 is 0 Å². The molecule has 2 aliphatic heterocycles. The second kappa shape index (κ2) is 4.93. The van der Waals surface area contributed by atoms with Crippen LogP contribution in [-0.4, -0.2) is 24.9 Å². The molecule has 0 atom stereocenters. The molecule has 2 bridgehead atoms. The maximum atomic E-state index is 12.9. The summed E-state index contributed by atoms with van der Waals surface area (Å²) in [5.41, 5.74) is 2.44. The molecule has 0 unspecified atom stereocenters. The lowest BCUT2D eigenvalue weighted by Gasteiger charge is -2.25. The highest BCUT2D eigenvalue weighted by atomic mass is 79.9. The lowest BCUT2D eigenvalue weighted by atomic mass is 10.1. The maximum Gasteiger partial charge on any atom is 0.260 e. The van der Waals surface area contributed by atoms with Gasteiger partial charge in [-0.1, -0.05) is 31.9 Å². The second-order valence-electron chi connectivity index (χ2n) is 5.24. The van der Waals surface area contributed by atoms with Crippen molar-refractivity contribution in [3.63, 3.8) is 0 Å². The molecule has 2 aromatic rings. The van der Waals surface area contributed by atoms with Crippen LogP contribution >= 0.6 is 31.9 Å². The zero-order valence-electron chi connectivity index (χ0n) is 11.3. The summed E-state index contributed by atoms with van der Waals surface area (Å²) >= 11 is 6.80. The van der Waals surface area contributed by atoms with Gasteiger partial charge in [-0.2, -0.15) is 0 Å². The summed E-state index contributed by atoms with van der Waals surface area (Å²) in [4.78, 5) is 29.2. The van der Waals surface area contributed by atoms with Crippen molar-refractivity contribution >= 4 is 55.0 Å². The van der Waals surface area contributed by atoms with E-state index in [1.807, 2.05) is 24.3 Å². The van der Waals surface area contributed by atoms with E-state index in [1.54, 1.807) is 21.9 Å². The Morgan fingerprint density at radius 2 is 1.14 bits per heavy atom. The first-order chi connectivity index (χ1) is 10.6. The van der Waals surface area contributed by atoms with Crippen LogP contribution in [0.3, 0.4) is 0 Å². The van der Waals surface area contributed by atoms with Gasteiger partial charge in [-0.05, 0) is 36.4 Å². The smallest absolute Gasteiger partial charge is 0.260 e. The quantitative estimate of drug-likeness (QED) is 0.648. The number of amides is 2. The fourth-order valence-electron chi connectivity index (χ4n) is 2.98. The first-order valence-corrected chi connectivity index (χ1v) is 8.38. The number of hydrogen-bond acceptors (Lipinski definition) is 2. The van der Waals surface area contributed by atoms with Crippen molar-refractivity contribution in [2.75, 3.05) is 22.9 Å². The molecule has 22 heavy (non-hydrogen) atoms. The Hall–Kier alpha value is -1.66. The molecule has 4 rings (SSSR count). The van der Waals surface area contributed by atoms with Gasteiger partial charge in [-0.25, -0.2) is 0 Å². The van der Waals surface area contributed by atoms with E-state index >= 15 is 0 Å². The van der Waals surface area contributed by atoms with Crippen molar-refractivity contribution in [2.45, 2.75) is 0 Å². The Morgan fingerprint density at radius 1 is 0.727 bits per heavy atom. The standard InChI is InChI=1S/C16H10Br2N2O2/c17-9-1-3-13-11(7-9)15(21)20-6-5-19(13)16(22)12-8-10(18)2-4-14(12)20/h1-4,7-8H,5-6H2. The lowest BCUT2D eigenvalue weighted by Crippen LogP contribution is -2.32. The third-order valence-corrected chi connectivity index (χ3v) is 4.98. The van der Waals surface area contributed by atoms with E-state index in [0.29, 0.717) is 35.6 Å². The highest BCUT2D eigenvalue weighted by Crippen LogP contribution is 2.37. The Balaban J connectivity index is 2.02. The van der Waals surface area contributed by atoms with Crippen LogP contribution < -0.4 is 9.80 Å². The summed E-state index contributed by atoms with van der Waals surface area (Å²) in [6.45, 7) is 0.983. The van der Waals surface area contributed by atoms with Gasteiger partial charge in [-0.15, -0.1) is 0 Å². The van der Waals surface area contributed by atoms with Gasteiger partial charge in [0.05, 0.1) is 22.5 Å². The number of carbonyl (C=O) groups excluding carboxylic acids is 2. The monoisotopic (exact) mass is 420 g/mol. The molecule has 0 N–H and O–H groups in total. The molecule has 0 radical (unpaired) electrons. The summed E-state index contributed by atoms with van der Waals surface area (Å²) in [7, 11) is 0. The van der Waals surface area contributed by atoms with Crippen LogP contribution in [0.4, 0.5) is 11.4 Å². The summed E-state index contributed by atoms with van der Waals surface area (Å²) < 4.78 is 1.65. The van der Waals surface area contributed by atoms with Crippen molar-refractivity contribution < 1.29 is 9.59 Å². The first kappa shape index (κ1) is 14.0. The average molecular weight is 422 g/mol. The summed E-state index contributed by atoms with van der Waals surface area (Å²) in [5.74, 6) is -0.148. The topological polar surface area (TPSA) is 40.6 Å². The van der Waals surface area contributed by atoms with Crippen molar-refractivity contribution in [2.24, 2.45) is 0 Å². The van der Waals surface area contributed by atoms with Crippen LogP contribution in [-0.2, 0) is 0 Å². The molecule has 2 heterocycles. The summed E-state index contributed by atoms with van der Waals surface area (Å²) in [5, 5.41) is 0. The minimum absolute atomic E-state index is 0.0742. The highest BCUT2D eigenvalue weighted by Gasteiger charge is 2.36. The molecule has 0 saturated carbocycles. The normalized spacial score (nSPS) is 16.3. The lowest BCUT2D eigenvalue weighted by molar-refractivity contribution is 0.0989. The number of benzene rings is 2. The van der Waals surface area contributed by atoms with Gasteiger partial charge in [0.15, 0.2) is 0 Å². The molecule has 110 valence electrons. The van der Waals surface area contributed by atoms with Gasteiger partial charge in [0, 0.05) is 22.0 Å². The second-order valence-corrected chi connectivity index (χ2v) is 7.07. The van der Waals surface area contributed by atoms with E-state index < -0.39 is 0 Å². The average Bonchev–Trinajstić information content (AvgIpc) is 2.73. The molecule has 0 fully saturated rings. The molecule has 0 spiro atoms. The van der Waals surface area contributed by atoms with Crippen molar-refractivity contribution in [1.82, 2.24) is 0 Å². The van der Waals surface area contributed by atoms with E-state index in [-0.39, 0.29) is 11.8 Å². The van der Waals surface area contributed by atoms with Gasteiger partial charge < -0.3 is 9.80 Å². The van der Waals surface area contributed by atoms with Crippen molar-refractivity contribution in [3.8, 4) is 0 Å².